The molecule has 2 unspecified atom stereocenters. The lowest BCUT2D eigenvalue weighted by Crippen LogP contribution is -2.38. The second-order valence-corrected chi connectivity index (χ2v) is 5.68. The molecule has 2 N–H and O–H groups in total. The minimum Gasteiger partial charge on any atom is -0.355 e. The largest absolute Gasteiger partial charge is 0.355 e. The van der Waals surface area contributed by atoms with Crippen LogP contribution in [0.3, 0.4) is 0 Å². The molecule has 0 radical (unpaired) electrons. The topological polar surface area (TPSA) is 61.4 Å². The number of benzene rings is 1. The maximum Gasteiger partial charge on any atom is 0.227 e. The van der Waals surface area contributed by atoms with Crippen molar-refractivity contribution >= 4 is 11.8 Å². The van der Waals surface area contributed by atoms with Gasteiger partial charge in [-0.25, -0.2) is 0 Å². The molecule has 1 aliphatic rings. The van der Waals surface area contributed by atoms with Crippen LogP contribution < -0.4 is 10.6 Å². The molecule has 0 aliphatic carbocycles. The van der Waals surface area contributed by atoms with Crippen molar-refractivity contribution in [2.24, 2.45) is 5.92 Å². The molecule has 2 rings (SSSR count). The molecule has 5 heteroatoms. The van der Waals surface area contributed by atoms with Gasteiger partial charge in [0.25, 0.3) is 0 Å². The van der Waals surface area contributed by atoms with Crippen LogP contribution in [0.15, 0.2) is 30.3 Å². The summed E-state index contributed by atoms with van der Waals surface area (Å²) >= 11 is 0. The number of hydrogen-bond donors (Lipinski definition) is 2. The average Bonchev–Trinajstić information content (AvgIpc) is 2.90. The highest BCUT2D eigenvalue weighted by molar-refractivity contribution is 5.82. The molecule has 23 heavy (non-hydrogen) atoms. The van der Waals surface area contributed by atoms with Crippen molar-refractivity contribution in [1.29, 1.82) is 0 Å². The Morgan fingerprint density at radius 3 is 2.83 bits per heavy atom. The molecule has 122 valence electrons. The lowest BCUT2D eigenvalue weighted by molar-refractivity contribution is -0.132. The first-order chi connectivity index (χ1) is 11.1. The van der Waals surface area contributed by atoms with Gasteiger partial charge in [0, 0.05) is 32.6 Å². The lowest BCUT2D eigenvalue weighted by atomic mass is 9.91. The summed E-state index contributed by atoms with van der Waals surface area (Å²) in [6.45, 7) is 3.65. The first kappa shape index (κ1) is 17.0. The van der Waals surface area contributed by atoms with Crippen LogP contribution in [0.1, 0.15) is 24.9 Å². The number of amides is 2. The van der Waals surface area contributed by atoms with E-state index in [1.807, 2.05) is 35.2 Å². The number of terminal acetylenes is 1. The molecule has 1 fully saturated rings. The molecule has 1 saturated heterocycles. The van der Waals surface area contributed by atoms with E-state index in [2.05, 4.69) is 16.6 Å². The molecule has 1 aromatic carbocycles. The van der Waals surface area contributed by atoms with Crippen molar-refractivity contribution in [3.05, 3.63) is 35.9 Å². The summed E-state index contributed by atoms with van der Waals surface area (Å²) in [5.41, 5.74) is 1.07. The van der Waals surface area contributed by atoms with Gasteiger partial charge in [-0.1, -0.05) is 36.3 Å². The second kappa shape index (κ2) is 8.35. The van der Waals surface area contributed by atoms with E-state index >= 15 is 0 Å². The fraction of sp³-hybridized carbons (Fsp3) is 0.444. The third kappa shape index (κ3) is 4.57. The van der Waals surface area contributed by atoms with Crippen LogP contribution in [0, 0.1) is 18.3 Å². The van der Waals surface area contributed by atoms with Gasteiger partial charge in [0.1, 0.15) is 0 Å². The van der Waals surface area contributed by atoms with Gasteiger partial charge in [-0.3, -0.25) is 14.9 Å². The van der Waals surface area contributed by atoms with Crippen LogP contribution in [0.25, 0.3) is 0 Å². The first-order valence-corrected chi connectivity index (χ1v) is 7.88. The minimum absolute atomic E-state index is 0.0777. The van der Waals surface area contributed by atoms with Crippen molar-refractivity contribution in [3.8, 4) is 12.3 Å². The van der Waals surface area contributed by atoms with Crippen molar-refractivity contribution in [3.63, 3.8) is 0 Å². The smallest absolute Gasteiger partial charge is 0.227 e. The maximum absolute atomic E-state index is 12.7. The third-order valence-electron chi connectivity index (χ3n) is 4.08. The van der Waals surface area contributed by atoms with E-state index in [0.717, 1.165) is 12.0 Å². The van der Waals surface area contributed by atoms with Gasteiger partial charge in [0.15, 0.2) is 0 Å². The summed E-state index contributed by atoms with van der Waals surface area (Å²) in [5.74, 6) is 2.50. The molecule has 0 spiro atoms. The average molecular weight is 313 g/mol. The van der Waals surface area contributed by atoms with Crippen LogP contribution in [0.2, 0.25) is 0 Å². The predicted octanol–water partition coefficient (Wildman–Crippen LogP) is 0.935. The molecule has 1 heterocycles. The zero-order valence-electron chi connectivity index (χ0n) is 13.4. The zero-order chi connectivity index (χ0) is 16.7. The van der Waals surface area contributed by atoms with E-state index in [0.29, 0.717) is 26.2 Å². The second-order valence-electron chi connectivity index (χ2n) is 5.68. The number of nitrogens with one attached hydrogen (secondary N) is 2. The van der Waals surface area contributed by atoms with E-state index in [1.54, 1.807) is 0 Å². The van der Waals surface area contributed by atoms with Gasteiger partial charge < -0.3 is 10.2 Å². The Morgan fingerprint density at radius 2 is 2.17 bits per heavy atom. The van der Waals surface area contributed by atoms with Gasteiger partial charge >= 0.3 is 0 Å². The molecule has 1 aromatic rings. The molecular formula is C18H23N3O2. The standard InChI is InChI=1S/C18H23N3O2/c1-3-10-20-17(15-7-5-4-6-8-15)16-9-12-21(18(16)23)13-11-19-14(2)22/h1,4-8,16-17,20H,9-13H2,2H3,(H,19,22). The first-order valence-electron chi connectivity index (χ1n) is 7.88. The van der Waals surface area contributed by atoms with Crippen LogP contribution in [0.4, 0.5) is 0 Å². The maximum atomic E-state index is 12.7. The highest BCUT2D eigenvalue weighted by Gasteiger charge is 2.37. The summed E-state index contributed by atoms with van der Waals surface area (Å²) in [6.07, 6.45) is 6.15. The predicted molar refractivity (Wildman–Crippen MR) is 89.4 cm³/mol. The summed E-state index contributed by atoms with van der Waals surface area (Å²) in [5, 5.41) is 6.03. The van der Waals surface area contributed by atoms with Crippen molar-refractivity contribution in [2.45, 2.75) is 19.4 Å². The quantitative estimate of drug-likeness (QED) is 0.736. The van der Waals surface area contributed by atoms with E-state index in [1.165, 1.54) is 6.92 Å². The Labute approximate surface area is 137 Å². The van der Waals surface area contributed by atoms with Gasteiger partial charge in [0.05, 0.1) is 12.5 Å². The number of rotatable bonds is 7. The highest BCUT2D eigenvalue weighted by Crippen LogP contribution is 2.31. The Morgan fingerprint density at radius 1 is 1.43 bits per heavy atom. The minimum atomic E-state index is -0.122. The van der Waals surface area contributed by atoms with Gasteiger partial charge in [-0.15, -0.1) is 6.42 Å². The summed E-state index contributed by atoms with van der Waals surface area (Å²) in [4.78, 5) is 25.4. The molecular weight excluding hydrogens is 290 g/mol. The molecule has 2 atom stereocenters. The van der Waals surface area contributed by atoms with E-state index in [4.69, 9.17) is 6.42 Å². The summed E-state index contributed by atoms with van der Waals surface area (Å²) in [6, 6.07) is 9.84. The monoisotopic (exact) mass is 313 g/mol. The fourth-order valence-electron chi connectivity index (χ4n) is 2.98. The van der Waals surface area contributed by atoms with E-state index in [9.17, 15) is 9.59 Å². The zero-order valence-corrected chi connectivity index (χ0v) is 13.4. The van der Waals surface area contributed by atoms with Crippen LogP contribution in [-0.2, 0) is 9.59 Å². The molecule has 0 aromatic heterocycles. The molecule has 2 amide bonds. The van der Waals surface area contributed by atoms with Gasteiger partial charge in [-0.05, 0) is 12.0 Å². The van der Waals surface area contributed by atoms with Crippen molar-refractivity contribution < 1.29 is 9.59 Å². The van der Waals surface area contributed by atoms with Crippen molar-refractivity contribution in [2.75, 3.05) is 26.2 Å². The van der Waals surface area contributed by atoms with Gasteiger partial charge in [0.2, 0.25) is 11.8 Å². The van der Waals surface area contributed by atoms with Crippen LogP contribution in [-0.4, -0.2) is 42.9 Å². The number of hydrogen-bond acceptors (Lipinski definition) is 3. The third-order valence-corrected chi connectivity index (χ3v) is 4.08. The Hall–Kier alpha value is -2.32. The van der Waals surface area contributed by atoms with Gasteiger partial charge in [-0.2, -0.15) is 0 Å². The van der Waals surface area contributed by atoms with E-state index in [-0.39, 0.29) is 23.8 Å². The Balaban J connectivity index is 2.04. The van der Waals surface area contributed by atoms with Crippen LogP contribution >= 0.6 is 0 Å². The van der Waals surface area contributed by atoms with Crippen molar-refractivity contribution in [1.82, 2.24) is 15.5 Å². The SMILES string of the molecule is C#CCNC(c1ccccc1)C1CCN(CCNC(C)=O)C1=O. The summed E-state index contributed by atoms with van der Waals surface area (Å²) < 4.78 is 0. The van der Waals surface area contributed by atoms with Crippen LogP contribution in [0.5, 0.6) is 0 Å². The fourth-order valence-corrected chi connectivity index (χ4v) is 2.98. The normalized spacial score (nSPS) is 18.5. The summed E-state index contributed by atoms with van der Waals surface area (Å²) in [7, 11) is 0. The molecule has 5 nitrogen and oxygen atoms in total. The number of carbonyl (C=O) groups is 2. The Bertz CT molecular complexity index is 580. The number of likely N-dealkylation sites (tertiary alicyclic amines) is 1. The van der Waals surface area contributed by atoms with E-state index < -0.39 is 0 Å². The highest BCUT2D eigenvalue weighted by atomic mass is 16.2. The molecule has 0 saturated carbocycles. The molecule has 0 bridgehead atoms. The Kier molecular flexibility index (Phi) is 6.19. The lowest BCUT2D eigenvalue weighted by Gasteiger charge is -2.24. The molecule has 1 aliphatic heterocycles. The number of carbonyl (C=O) groups excluding carboxylic acids is 2. The number of nitrogens with zero attached hydrogens (tertiary/aromatic N) is 1.